The normalized spacial score (nSPS) is 17.1. The van der Waals surface area contributed by atoms with Crippen LogP contribution in [0.15, 0.2) is 33.7 Å². The first kappa shape index (κ1) is 19.1. The first-order valence-electron chi connectivity index (χ1n) is 9.83. The van der Waals surface area contributed by atoms with E-state index in [1.165, 1.54) is 28.5 Å². The minimum absolute atomic E-state index is 0.255. The Bertz CT molecular complexity index is 1020. The van der Waals surface area contributed by atoms with Crippen LogP contribution in [0, 0.1) is 0 Å². The van der Waals surface area contributed by atoms with Crippen LogP contribution in [0.5, 0.6) is 0 Å². The lowest BCUT2D eigenvalue weighted by Gasteiger charge is -2.15. The van der Waals surface area contributed by atoms with Gasteiger partial charge >= 0.3 is 6.03 Å². The average Bonchev–Trinajstić information content (AvgIpc) is 3.30. The SMILES string of the molecule is CC(C)c1ccc([S@](N)(=O)=NC(=O)Nc2c3c(cc4c2CCC4)CCC3)cn1. The van der Waals surface area contributed by atoms with E-state index in [1.54, 1.807) is 12.1 Å². The molecule has 0 aliphatic heterocycles. The summed E-state index contributed by atoms with van der Waals surface area (Å²) in [6, 6.07) is 5.05. The van der Waals surface area contributed by atoms with Crippen molar-refractivity contribution in [1.29, 1.82) is 0 Å². The predicted molar refractivity (Wildman–Crippen MR) is 111 cm³/mol. The number of aryl methyl sites for hydroxylation is 2. The third-order valence-electron chi connectivity index (χ3n) is 5.61. The number of amides is 2. The summed E-state index contributed by atoms with van der Waals surface area (Å²) >= 11 is 0. The maximum atomic E-state index is 12.8. The molecule has 0 unspecified atom stereocenters. The molecule has 7 heteroatoms. The van der Waals surface area contributed by atoms with E-state index in [-0.39, 0.29) is 10.8 Å². The van der Waals surface area contributed by atoms with E-state index in [2.05, 4.69) is 20.7 Å². The number of carbonyl (C=O) groups is 1. The van der Waals surface area contributed by atoms with Crippen molar-refractivity contribution in [2.75, 3.05) is 5.32 Å². The van der Waals surface area contributed by atoms with E-state index < -0.39 is 15.9 Å². The van der Waals surface area contributed by atoms with Gasteiger partial charge in [-0.05, 0) is 78.8 Å². The molecule has 0 radical (unpaired) electrons. The molecule has 3 N–H and O–H groups in total. The van der Waals surface area contributed by atoms with Gasteiger partial charge < -0.3 is 5.32 Å². The van der Waals surface area contributed by atoms with Gasteiger partial charge in [-0.15, -0.1) is 4.36 Å². The molecule has 2 amide bonds. The van der Waals surface area contributed by atoms with E-state index >= 15 is 0 Å². The Labute approximate surface area is 166 Å². The summed E-state index contributed by atoms with van der Waals surface area (Å²) in [6.45, 7) is 4.05. The van der Waals surface area contributed by atoms with E-state index in [4.69, 9.17) is 5.14 Å². The summed E-state index contributed by atoms with van der Waals surface area (Å²) in [5, 5.41) is 8.82. The predicted octanol–water partition coefficient (Wildman–Crippen LogP) is 4.12. The quantitative estimate of drug-likeness (QED) is 0.814. The van der Waals surface area contributed by atoms with Crippen molar-refractivity contribution in [2.24, 2.45) is 9.50 Å². The van der Waals surface area contributed by atoms with Crippen LogP contribution < -0.4 is 10.5 Å². The van der Waals surface area contributed by atoms with E-state index in [9.17, 15) is 9.00 Å². The number of nitrogens with one attached hydrogen (secondary N) is 1. The van der Waals surface area contributed by atoms with Crippen LogP contribution in [0.2, 0.25) is 0 Å². The van der Waals surface area contributed by atoms with Gasteiger partial charge in [0.25, 0.3) is 0 Å². The van der Waals surface area contributed by atoms with Crippen molar-refractivity contribution >= 4 is 21.6 Å². The third-order valence-corrected chi connectivity index (χ3v) is 6.97. The molecule has 0 spiro atoms. The van der Waals surface area contributed by atoms with Gasteiger partial charge in [0.2, 0.25) is 0 Å². The summed E-state index contributed by atoms with van der Waals surface area (Å²) in [7, 11) is -3.35. The van der Waals surface area contributed by atoms with Crippen LogP contribution in [0.4, 0.5) is 10.5 Å². The highest BCUT2D eigenvalue weighted by Crippen LogP contribution is 2.38. The molecule has 1 heterocycles. The smallest absolute Gasteiger partial charge is 0.305 e. The summed E-state index contributed by atoms with van der Waals surface area (Å²) in [5.41, 5.74) is 6.79. The number of anilines is 1. The van der Waals surface area contributed by atoms with Crippen molar-refractivity contribution in [3.05, 3.63) is 52.3 Å². The van der Waals surface area contributed by atoms with Crippen LogP contribution in [-0.2, 0) is 35.6 Å². The number of fused-ring (bicyclic) bond motifs is 2. The standard InChI is InChI=1S/C21H26N4O2S/c1-13(2)19-10-9-16(12-23-19)28(22,27)25-21(26)24-20-17-7-3-5-14(17)11-15-6-4-8-18(15)20/h9-13H,3-8H2,1-2H3,(H3,22,24,25,26,27)/t28-/m1/s1. The number of nitrogens with two attached hydrogens (primary N) is 1. The molecule has 1 aromatic carbocycles. The number of pyridine rings is 1. The largest absolute Gasteiger partial charge is 0.354 e. The van der Waals surface area contributed by atoms with Gasteiger partial charge in [-0.25, -0.2) is 14.1 Å². The number of urea groups is 1. The summed E-state index contributed by atoms with van der Waals surface area (Å²) < 4.78 is 16.7. The fourth-order valence-corrected chi connectivity index (χ4v) is 5.04. The Morgan fingerprint density at radius 3 is 2.32 bits per heavy atom. The lowest BCUT2D eigenvalue weighted by atomic mass is 9.99. The van der Waals surface area contributed by atoms with Crippen LogP contribution in [-0.4, -0.2) is 15.2 Å². The van der Waals surface area contributed by atoms with Gasteiger partial charge in [0.15, 0.2) is 0 Å². The fourth-order valence-electron chi connectivity index (χ4n) is 4.18. The molecule has 0 fully saturated rings. The van der Waals surface area contributed by atoms with Crippen molar-refractivity contribution in [2.45, 2.75) is 63.2 Å². The minimum atomic E-state index is -3.35. The molecular formula is C21H26N4O2S. The molecule has 6 nitrogen and oxygen atoms in total. The number of hydrogen-bond acceptors (Lipinski definition) is 3. The second kappa shape index (κ2) is 7.29. The Hall–Kier alpha value is -2.25. The number of rotatable bonds is 3. The van der Waals surface area contributed by atoms with Crippen molar-refractivity contribution in [3.8, 4) is 0 Å². The zero-order valence-corrected chi connectivity index (χ0v) is 17.1. The highest BCUT2D eigenvalue weighted by Gasteiger charge is 2.25. The van der Waals surface area contributed by atoms with Crippen LogP contribution in [0.25, 0.3) is 0 Å². The van der Waals surface area contributed by atoms with Gasteiger partial charge in [-0.2, -0.15) is 0 Å². The Balaban J connectivity index is 1.63. The van der Waals surface area contributed by atoms with Gasteiger partial charge in [0.05, 0.1) is 4.90 Å². The summed E-state index contributed by atoms with van der Waals surface area (Å²) in [4.78, 5) is 17.2. The second-order valence-electron chi connectivity index (χ2n) is 7.90. The molecular weight excluding hydrogens is 372 g/mol. The zero-order valence-electron chi connectivity index (χ0n) is 16.3. The van der Waals surface area contributed by atoms with Crippen LogP contribution >= 0.6 is 0 Å². The summed E-state index contributed by atoms with van der Waals surface area (Å²) in [6.07, 6.45) is 7.65. The maximum Gasteiger partial charge on any atom is 0.354 e. The van der Waals surface area contributed by atoms with Crippen molar-refractivity contribution in [1.82, 2.24) is 4.98 Å². The van der Waals surface area contributed by atoms with E-state index in [0.29, 0.717) is 0 Å². The summed E-state index contributed by atoms with van der Waals surface area (Å²) in [5.74, 6) is 0.255. The van der Waals surface area contributed by atoms with Crippen molar-refractivity contribution < 1.29 is 9.00 Å². The third kappa shape index (κ3) is 3.56. The Kier molecular flexibility index (Phi) is 4.97. The number of carbonyl (C=O) groups excluding carboxylic acids is 1. The molecule has 0 saturated carbocycles. The van der Waals surface area contributed by atoms with E-state index in [1.807, 2.05) is 13.8 Å². The Morgan fingerprint density at radius 1 is 1.14 bits per heavy atom. The lowest BCUT2D eigenvalue weighted by molar-refractivity contribution is 0.260. The number of hydrogen-bond donors (Lipinski definition) is 2. The van der Waals surface area contributed by atoms with Crippen LogP contribution in [0.3, 0.4) is 0 Å². The molecule has 2 aliphatic rings. The topological polar surface area (TPSA) is 97.4 Å². The molecule has 1 atom stereocenters. The molecule has 2 aromatic rings. The minimum Gasteiger partial charge on any atom is -0.305 e. The molecule has 28 heavy (non-hydrogen) atoms. The highest BCUT2D eigenvalue weighted by atomic mass is 32.2. The molecule has 0 bridgehead atoms. The first-order chi connectivity index (χ1) is 13.3. The monoisotopic (exact) mass is 398 g/mol. The lowest BCUT2D eigenvalue weighted by Crippen LogP contribution is -2.19. The molecule has 0 saturated heterocycles. The highest BCUT2D eigenvalue weighted by molar-refractivity contribution is 7.91. The second-order valence-corrected chi connectivity index (χ2v) is 9.69. The molecule has 1 aromatic heterocycles. The van der Waals surface area contributed by atoms with Gasteiger partial charge in [0, 0.05) is 17.6 Å². The Morgan fingerprint density at radius 2 is 1.79 bits per heavy atom. The first-order valence-corrected chi connectivity index (χ1v) is 11.4. The average molecular weight is 399 g/mol. The molecule has 148 valence electrons. The van der Waals surface area contributed by atoms with Crippen LogP contribution in [0.1, 0.15) is 60.6 Å². The fraction of sp³-hybridized carbons (Fsp3) is 0.429. The molecule has 2 aliphatic carbocycles. The number of nitrogens with zero attached hydrogens (tertiary/aromatic N) is 2. The molecule has 4 rings (SSSR count). The van der Waals surface area contributed by atoms with Crippen molar-refractivity contribution in [3.63, 3.8) is 0 Å². The van der Waals surface area contributed by atoms with Gasteiger partial charge in [-0.1, -0.05) is 19.9 Å². The number of benzene rings is 1. The number of aromatic nitrogens is 1. The maximum absolute atomic E-state index is 12.8. The van der Waals surface area contributed by atoms with E-state index in [0.717, 1.165) is 49.9 Å². The van der Waals surface area contributed by atoms with Gasteiger partial charge in [-0.3, -0.25) is 4.98 Å². The zero-order chi connectivity index (χ0) is 19.9. The van der Waals surface area contributed by atoms with Gasteiger partial charge in [0.1, 0.15) is 9.92 Å².